The summed E-state index contributed by atoms with van der Waals surface area (Å²) in [6.07, 6.45) is 7.96. The summed E-state index contributed by atoms with van der Waals surface area (Å²) in [4.78, 5) is 35.0. The highest BCUT2D eigenvalue weighted by molar-refractivity contribution is 5.96. The van der Waals surface area contributed by atoms with Crippen molar-refractivity contribution in [1.82, 2.24) is 5.32 Å². The summed E-state index contributed by atoms with van der Waals surface area (Å²) in [7, 11) is 1.20. The van der Waals surface area contributed by atoms with Crippen molar-refractivity contribution in [3.8, 4) is 0 Å². The molecule has 0 radical (unpaired) electrons. The maximum Gasteiger partial charge on any atom is 0.407 e. The predicted molar refractivity (Wildman–Crippen MR) is 81.0 cm³/mol. The smallest absolute Gasteiger partial charge is 0.407 e. The summed E-state index contributed by atoms with van der Waals surface area (Å²) >= 11 is 0. The molecule has 1 saturated heterocycles. The minimum absolute atomic E-state index is 0.127. The van der Waals surface area contributed by atoms with Crippen molar-refractivity contribution >= 4 is 18.3 Å². The molecule has 0 aromatic heterocycles. The third-order valence-electron chi connectivity index (χ3n) is 3.38. The van der Waals surface area contributed by atoms with Gasteiger partial charge in [0.2, 0.25) is 0 Å². The molecular formula is C16H19NO5. The number of methoxy groups -OCH3 is 1. The van der Waals surface area contributed by atoms with Gasteiger partial charge in [-0.25, -0.2) is 4.79 Å². The third kappa shape index (κ3) is 3.72. The molecule has 0 aliphatic carbocycles. The van der Waals surface area contributed by atoms with Crippen molar-refractivity contribution in [1.29, 1.82) is 0 Å². The number of ether oxygens (including phenoxy) is 2. The van der Waals surface area contributed by atoms with Crippen LogP contribution in [0.2, 0.25) is 0 Å². The number of nitrogens with one attached hydrogen (secondary N) is 1. The van der Waals surface area contributed by atoms with Crippen LogP contribution in [0.3, 0.4) is 0 Å². The molecule has 0 saturated carbocycles. The number of carbonyl (C=O) groups excluding carboxylic acids is 3. The number of cyclic esters (lactones) is 1. The first kappa shape index (κ1) is 17.4. The summed E-state index contributed by atoms with van der Waals surface area (Å²) in [6.45, 7) is 7.35. The molecule has 6 heteroatoms. The standard InChI is InChI=1S/C16H19NO5/c1-4-6-12(5-2)7-8-13(17-15(20)21-3)16(11-18)9-10-22-14(16)19/h4-8,11,13H,1-2,9-10H2,3H3,(H,17,20)/b8-7+,12-6+. The molecule has 118 valence electrons. The molecule has 0 bridgehead atoms. The lowest BCUT2D eigenvalue weighted by molar-refractivity contribution is -0.148. The maximum atomic E-state index is 11.9. The molecular weight excluding hydrogens is 286 g/mol. The normalized spacial score (nSPS) is 22.8. The monoisotopic (exact) mass is 305 g/mol. The van der Waals surface area contributed by atoms with E-state index in [1.807, 2.05) is 0 Å². The molecule has 1 amide bonds. The highest BCUT2D eigenvalue weighted by Gasteiger charge is 2.50. The number of carbonyl (C=O) groups is 3. The summed E-state index contributed by atoms with van der Waals surface area (Å²) in [5.74, 6) is -0.665. The summed E-state index contributed by atoms with van der Waals surface area (Å²) < 4.78 is 9.43. The lowest BCUT2D eigenvalue weighted by Crippen LogP contribution is -2.50. The van der Waals surface area contributed by atoms with E-state index in [1.165, 1.54) is 13.2 Å². The number of hydrogen-bond acceptors (Lipinski definition) is 5. The number of allylic oxidation sites excluding steroid dienone is 5. The number of aldehydes is 1. The number of amides is 1. The van der Waals surface area contributed by atoms with Crippen LogP contribution in [0, 0.1) is 5.41 Å². The fourth-order valence-electron chi connectivity index (χ4n) is 2.08. The van der Waals surface area contributed by atoms with Crippen LogP contribution >= 0.6 is 0 Å². The van der Waals surface area contributed by atoms with Crippen molar-refractivity contribution < 1.29 is 23.9 Å². The molecule has 0 spiro atoms. The maximum absolute atomic E-state index is 11.9. The van der Waals surface area contributed by atoms with Gasteiger partial charge in [0.15, 0.2) is 0 Å². The molecule has 22 heavy (non-hydrogen) atoms. The quantitative estimate of drug-likeness (QED) is 0.335. The average Bonchev–Trinajstić information content (AvgIpc) is 2.91. The Kier molecular flexibility index (Phi) is 6.31. The van der Waals surface area contributed by atoms with Crippen molar-refractivity contribution in [3.63, 3.8) is 0 Å². The second-order valence-corrected chi connectivity index (χ2v) is 4.62. The Balaban J connectivity index is 3.15. The molecule has 1 heterocycles. The molecule has 2 unspecified atom stereocenters. The molecule has 1 N–H and O–H groups in total. The first-order valence-corrected chi connectivity index (χ1v) is 6.65. The van der Waals surface area contributed by atoms with Gasteiger partial charge in [0.1, 0.15) is 11.7 Å². The van der Waals surface area contributed by atoms with Gasteiger partial charge in [-0.15, -0.1) is 0 Å². The molecule has 6 nitrogen and oxygen atoms in total. The van der Waals surface area contributed by atoms with Gasteiger partial charge in [-0.3, -0.25) is 4.79 Å². The first-order valence-electron chi connectivity index (χ1n) is 6.65. The van der Waals surface area contributed by atoms with E-state index in [9.17, 15) is 14.4 Å². The van der Waals surface area contributed by atoms with Gasteiger partial charge in [-0.2, -0.15) is 0 Å². The van der Waals surface area contributed by atoms with Crippen LogP contribution in [-0.4, -0.2) is 38.1 Å². The summed E-state index contributed by atoms with van der Waals surface area (Å²) in [5.41, 5.74) is -0.746. The van der Waals surface area contributed by atoms with E-state index in [0.717, 1.165) is 0 Å². The number of alkyl carbamates (subject to hydrolysis) is 1. The molecule has 1 aliphatic rings. The SMILES string of the molecule is C=C/C=C(C=C)/C=C/C(NC(=O)OC)C1(C=O)CCOC1=O. The predicted octanol–water partition coefficient (Wildman–Crippen LogP) is 1.70. The van der Waals surface area contributed by atoms with Crippen molar-refractivity contribution in [2.24, 2.45) is 5.41 Å². The Hall–Kier alpha value is -2.63. The third-order valence-corrected chi connectivity index (χ3v) is 3.38. The minimum Gasteiger partial charge on any atom is -0.465 e. The van der Waals surface area contributed by atoms with E-state index in [4.69, 9.17) is 4.74 Å². The lowest BCUT2D eigenvalue weighted by atomic mass is 9.80. The minimum atomic E-state index is -1.45. The van der Waals surface area contributed by atoms with Crippen LogP contribution < -0.4 is 5.32 Å². The van der Waals surface area contributed by atoms with Crippen LogP contribution in [0.4, 0.5) is 4.79 Å². The van der Waals surface area contributed by atoms with E-state index in [1.54, 1.807) is 24.3 Å². The number of hydrogen-bond donors (Lipinski definition) is 1. The van der Waals surface area contributed by atoms with Crippen molar-refractivity contribution in [2.75, 3.05) is 13.7 Å². The van der Waals surface area contributed by atoms with Gasteiger partial charge < -0.3 is 19.6 Å². The Morgan fingerprint density at radius 1 is 1.50 bits per heavy atom. The largest absolute Gasteiger partial charge is 0.465 e. The van der Waals surface area contributed by atoms with Gasteiger partial charge >= 0.3 is 12.1 Å². The zero-order valence-corrected chi connectivity index (χ0v) is 12.4. The molecule has 0 aromatic carbocycles. The highest BCUT2D eigenvalue weighted by Crippen LogP contribution is 2.32. The Labute approximate surface area is 129 Å². The van der Waals surface area contributed by atoms with Crippen LogP contribution in [0.5, 0.6) is 0 Å². The zero-order chi connectivity index (χ0) is 16.6. The number of esters is 1. The van der Waals surface area contributed by atoms with E-state index < -0.39 is 23.5 Å². The fraction of sp³-hybridized carbons (Fsp3) is 0.312. The van der Waals surface area contributed by atoms with Gasteiger partial charge in [0.25, 0.3) is 0 Å². The Morgan fingerprint density at radius 3 is 2.68 bits per heavy atom. The van der Waals surface area contributed by atoms with E-state index in [2.05, 4.69) is 23.2 Å². The number of rotatable bonds is 7. The van der Waals surface area contributed by atoms with Crippen LogP contribution in [-0.2, 0) is 19.1 Å². The zero-order valence-electron chi connectivity index (χ0n) is 12.4. The molecule has 1 fully saturated rings. The Morgan fingerprint density at radius 2 is 2.23 bits per heavy atom. The highest BCUT2D eigenvalue weighted by atomic mass is 16.5. The van der Waals surface area contributed by atoms with Crippen LogP contribution in [0.25, 0.3) is 0 Å². The van der Waals surface area contributed by atoms with Gasteiger partial charge in [-0.1, -0.05) is 43.5 Å². The second-order valence-electron chi connectivity index (χ2n) is 4.62. The van der Waals surface area contributed by atoms with Gasteiger partial charge in [0, 0.05) is 6.42 Å². The van der Waals surface area contributed by atoms with Gasteiger partial charge in [-0.05, 0) is 5.57 Å². The van der Waals surface area contributed by atoms with Crippen LogP contribution in [0.15, 0.2) is 49.1 Å². The Bertz CT molecular complexity index is 535. The van der Waals surface area contributed by atoms with E-state index in [-0.39, 0.29) is 13.0 Å². The molecule has 1 rings (SSSR count). The van der Waals surface area contributed by atoms with Gasteiger partial charge in [0.05, 0.1) is 19.8 Å². The summed E-state index contributed by atoms with van der Waals surface area (Å²) in [6, 6.07) is -0.888. The topological polar surface area (TPSA) is 81.7 Å². The molecule has 0 aromatic rings. The average molecular weight is 305 g/mol. The molecule has 2 atom stereocenters. The second kappa shape index (κ2) is 7.97. The molecule has 1 aliphatic heterocycles. The van der Waals surface area contributed by atoms with Crippen molar-refractivity contribution in [2.45, 2.75) is 12.5 Å². The first-order chi connectivity index (χ1) is 10.5. The lowest BCUT2D eigenvalue weighted by Gasteiger charge is -2.26. The van der Waals surface area contributed by atoms with E-state index >= 15 is 0 Å². The van der Waals surface area contributed by atoms with Crippen molar-refractivity contribution in [3.05, 3.63) is 49.1 Å². The summed E-state index contributed by atoms with van der Waals surface area (Å²) in [5, 5.41) is 2.48. The van der Waals surface area contributed by atoms with Crippen LogP contribution in [0.1, 0.15) is 6.42 Å². The fourth-order valence-corrected chi connectivity index (χ4v) is 2.08. The van der Waals surface area contributed by atoms with E-state index in [0.29, 0.717) is 11.9 Å².